The second-order valence-corrected chi connectivity index (χ2v) is 4.68. The molecule has 0 fully saturated rings. The van der Waals surface area contributed by atoms with Crippen molar-refractivity contribution in [3.05, 3.63) is 17.7 Å². The van der Waals surface area contributed by atoms with Crippen LogP contribution < -0.4 is 0 Å². The minimum atomic E-state index is -4.61. The van der Waals surface area contributed by atoms with E-state index in [2.05, 4.69) is 19.0 Å². The summed E-state index contributed by atoms with van der Waals surface area (Å²) in [5.41, 5.74) is -0.441. The molecule has 0 spiro atoms. The number of rotatable bonds is 6. The molecule has 1 aromatic heterocycles. The molecule has 0 aliphatic carbocycles. The van der Waals surface area contributed by atoms with Gasteiger partial charge < -0.3 is 23.8 Å². The van der Waals surface area contributed by atoms with Crippen molar-refractivity contribution in [2.75, 3.05) is 20.8 Å². The average molecular weight is 308 g/mol. The predicted molar refractivity (Wildman–Crippen MR) is 62.9 cm³/mol. The number of phosphoric acid groups is 1. The van der Waals surface area contributed by atoms with E-state index in [9.17, 15) is 14.2 Å². The number of carbonyl (C=O) groups excluding carboxylic acids is 2. The number of methoxy groups -OCH3 is 2. The molecule has 2 N–H and O–H groups in total. The van der Waals surface area contributed by atoms with Crippen LogP contribution >= 0.6 is 7.82 Å². The van der Waals surface area contributed by atoms with E-state index in [1.54, 1.807) is 0 Å². The molecule has 10 nitrogen and oxygen atoms in total. The molecule has 1 aromatic rings. The first kappa shape index (κ1) is 16.3. The molecule has 0 aromatic carbocycles. The van der Waals surface area contributed by atoms with Crippen LogP contribution in [0.3, 0.4) is 0 Å². The second-order valence-electron chi connectivity index (χ2n) is 3.44. The molecule has 0 atom stereocenters. The first-order valence-electron chi connectivity index (χ1n) is 5.22. The summed E-state index contributed by atoms with van der Waals surface area (Å²) in [5.74, 6) is -1.67. The first-order valence-corrected chi connectivity index (χ1v) is 6.75. The van der Waals surface area contributed by atoms with Gasteiger partial charge in [0.05, 0.1) is 27.2 Å². The number of esters is 2. The first-order chi connectivity index (χ1) is 9.30. The van der Waals surface area contributed by atoms with Gasteiger partial charge in [-0.3, -0.25) is 4.52 Å². The van der Waals surface area contributed by atoms with Crippen LogP contribution in [-0.4, -0.2) is 52.1 Å². The van der Waals surface area contributed by atoms with Crippen LogP contribution in [0.5, 0.6) is 0 Å². The monoisotopic (exact) mass is 308 g/mol. The number of ether oxygens (including phenoxy) is 2. The standard InChI is InChI=1S/C9H13N2O8P/c1-17-8(12)6-7(9(13)18-2)11(5-10-6)3-4-19-20(14,15)16/h5H,3-4H2,1-2H3,(H2,14,15,16). The fraction of sp³-hybridized carbons (Fsp3) is 0.444. The minimum absolute atomic E-state index is 0.112. The van der Waals surface area contributed by atoms with E-state index in [1.165, 1.54) is 4.57 Å². The number of aromatic nitrogens is 2. The maximum absolute atomic E-state index is 11.6. The molecule has 0 radical (unpaired) electrons. The van der Waals surface area contributed by atoms with Gasteiger partial charge in [0.1, 0.15) is 0 Å². The molecule has 1 heterocycles. The van der Waals surface area contributed by atoms with Crippen LogP contribution in [0.2, 0.25) is 0 Å². The summed E-state index contributed by atoms with van der Waals surface area (Å²) in [6, 6.07) is 0. The molecule has 1 rings (SSSR count). The summed E-state index contributed by atoms with van der Waals surface area (Å²) >= 11 is 0. The predicted octanol–water partition coefficient (Wildman–Crippen LogP) is -0.434. The molecule has 0 aliphatic rings. The van der Waals surface area contributed by atoms with Gasteiger partial charge in [0.25, 0.3) is 0 Å². The summed E-state index contributed by atoms with van der Waals surface area (Å²) in [4.78, 5) is 43.9. The normalized spacial score (nSPS) is 11.2. The summed E-state index contributed by atoms with van der Waals surface area (Å²) in [7, 11) is -2.37. The number of hydrogen-bond donors (Lipinski definition) is 2. The zero-order chi connectivity index (χ0) is 15.3. The molecule has 0 saturated heterocycles. The van der Waals surface area contributed by atoms with Crippen LogP contribution in [0.25, 0.3) is 0 Å². The Morgan fingerprint density at radius 2 is 1.90 bits per heavy atom. The SMILES string of the molecule is COC(=O)c1ncn(CCOP(=O)(O)O)c1C(=O)OC. The van der Waals surface area contributed by atoms with Gasteiger partial charge in [0, 0.05) is 6.54 Å². The highest BCUT2D eigenvalue weighted by Crippen LogP contribution is 2.35. The lowest BCUT2D eigenvalue weighted by atomic mass is 10.3. The molecular weight excluding hydrogens is 295 g/mol. The molecule has 0 saturated carbocycles. The van der Waals surface area contributed by atoms with Crippen molar-refractivity contribution >= 4 is 19.8 Å². The molecule has 0 unspecified atom stereocenters. The van der Waals surface area contributed by atoms with Gasteiger partial charge in [-0.1, -0.05) is 0 Å². The Morgan fingerprint density at radius 3 is 2.40 bits per heavy atom. The summed E-state index contributed by atoms with van der Waals surface area (Å²) in [6.45, 7) is -0.495. The van der Waals surface area contributed by atoms with Gasteiger partial charge >= 0.3 is 19.8 Å². The number of phosphoric ester groups is 1. The van der Waals surface area contributed by atoms with Crippen molar-refractivity contribution in [1.29, 1.82) is 0 Å². The fourth-order valence-corrected chi connectivity index (χ4v) is 1.69. The van der Waals surface area contributed by atoms with Crippen LogP contribution in [0.15, 0.2) is 6.33 Å². The topological polar surface area (TPSA) is 137 Å². The van der Waals surface area contributed by atoms with Crippen molar-refractivity contribution in [2.24, 2.45) is 0 Å². The molecular formula is C9H13N2O8P. The molecule has 0 amide bonds. The third-order valence-electron chi connectivity index (χ3n) is 2.19. The summed E-state index contributed by atoms with van der Waals surface area (Å²) in [5, 5.41) is 0. The Balaban J connectivity index is 2.96. The van der Waals surface area contributed by atoms with E-state index >= 15 is 0 Å². The Kier molecular flexibility index (Phi) is 5.40. The third kappa shape index (κ3) is 4.14. The quantitative estimate of drug-likeness (QED) is 0.529. The Bertz CT molecular complexity index is 548. The van der Waals surface area contributed by atoms with E-state index in [4.69, 9.17) is 9.79 Å². The molecule has 0 aliphatic heterocycles. The Labute approximate surface area is 113 Å². The lowest BCUT2D eigenvalue weighted by Gasteiger charge is -2.08. The maximum Gasteiger partial charge on any atom is 0.469 e. The Morgan fingerprint density at radius 1 is 1.30 bits per heavy atom. The van der Waals surface area contributed by atoms with E-state index in [0.29, 0.717) is 0 Å². The fourth-order valence-electron chi connectivity index (χ4n) is 1.37. The third-order valence-corrected chi connectivity index (χ3v) is 2.71. The van der Waals surface area contributed by atoms with E-state index in [-0.39, 0.29) is 24.5 Å². The Hall–Kier alpha value is -1.74. The highest BCUT2D eigenvalue weighted by Gasteiger charge is 2.25. The van der Waals surface area contributed by atoms with E-state index in [1.807, 2.05) is 0 Å². The van der Waals surface area contributed by atoms with Crippen LogP contribution in [0, 0.1) is 0 Å². The van der Waals surface area contributed by atoms with Crippen molar-refractivity contribution in [2.45, 2.75) is 6.54 Å². The summed E-state index contributed by atoms with van der Waals surface area (Å²) in [6.07, 6.45) is 1.14. The zero-order valence-electron chi connectivity index (χ0n) is 10.7. The van der Waals surface area contributed by atoms with Crippen LogP contribution in [0.4, 0.5) is 0 Å². The maximum atomic E-state index is 11.6. The van der Waals surface area contributed by atoms with Crippen LogP contribution in [0.1, 0.15) is 21.0 Å². The highest BCUT2D eigenvalue weighted by atomic mass is 31.2. The number of imidazole rings is 1. The largest absolute Gasteiger partial charge is 0.469 e. The molecule has 0 bridgehead atoms. The number of hydrogen-bond acceptors (Lipinski definition) is 7. The lowest BCUT2D eigenvalue weighted by molar-refractivity contribution is 0.0542. The average Bonchev–Trinajstić information content (AvgIpc) is 2.79. The van der Waals surface area contributed by atoms with Gasteiger partial charge in [-0.15, -0.1) is 0 Å². The molecule has 112 valence electrons. The molecule has 20 heavy (non-hydrogen) atoms. The zero-order valence-corrected chi connectivity index (χ0v) is 11.6. The van der Waals surface area contributed by atoms with Crippen molar-refractivity contribution in [3.8, 4) is 0 Å². The lowest BCUT2D eigenvalue weighted by Crippen LogP contribution is -2.17. The summed E-state index contributed by atoms with van der Waals surface area (Å²) < 4.78 is 24.9. The smallest absolute Gasteiger partial charge is 0.464 e. The highest BCUT2D eigenvalue weighted by molar-refractivity contribution is 7.46. The van der Waals surface area contributed by atoms with Gasteiger partial charge in [0.2, 0.25) is 0 Å². The van der Waals surface area contributed by atoms with Gasteiger partial charge in [0.15, 0.2) is 11.4 Å². The van der Waals surface area contributed by atoms with Crippen molar-refractivity contribution < 1.29 is 37.9 Å². The minimum Gasteiger partial charge on any atom is -0.464 e. The molecule has 11 heteroatoms. The van der Waals surface area contributed by atoms with Crippen LogP contribution in [-0.2, 0) is 25.1 Å². The van der Waals surface area contributed by atoms with Gasteiger partial charge in [-0.05, 0) is 0 Å². The van der Waals surface area contributed by atoms with Gasteiger partial charge in [-0.25, -0.2) is 19.1 Å². The van der Waals surface area contributed by atoms with Gasteiger partial charge in [-0.2, -0.15) is 0 Å². The number of nitrogens with zero attached hydrogens (tertiary/aromatic N) is 2. The number of carbonyl (C=O) groups is 2. The van der Waals surface area contributed by atoms with Crippen molar-refractivity contribution in [3.63, 3.8) is 0 Å². The second kappa shape index (κ2) is 6.62. The van der Waals surface area contributed by atoms with E-state index < -0.39 is 19.8 Å². The van der Waals surface area contributed by atoms with E-state index in [0.717, 1.165) is 20.5 Å². The van der Waals surface area contributed by atoms with Crippen molar-refractivity contribution in [1.82, 2.24) is 9.55 Å².